The molecule has 1 N–H and O–H groups in total. The van der Waals surface area contributed by atoms with E-state index in [2.05, 4.69) is 5.32 Å². The number of fused-ring (bicyclic) bond motifs is 1. The molecule has 0 unspecified atom stereocenters. The molecule has 2 amide bonds. The molecule has 2 aromatic carbocycles. The van der Waals surface area contributed by atoms with Gasteiger partial charge in [-0.15, -0.1) is 11.8 Å². The number of thioether (sulfide) groups is 1. The summed E-state index contributed by atoms with van der Waals surface area (Å²) in [6, 6.07) is 15.3. The van der Waals surface area contributed by atoms with E-state index in [1.807, 2.05) is 68.6 Å². The Labute approximate surface area is 159 Å². The maximum atomic E-state index is 13.0. The van der Waals surface area contributed by atoms with Gasteiger partial charge in [0.2, 0.25) is 11.8 Å². The summed E-state index contributed by atoms with van der Waals surface area (Å²) in [5, 5.41) is 3.01. The van der Waals surface area contributed by atoms with Crippen LogP contribution in [0, 0.1) is 0 Å². The molecule has 0 radical (unpaired) electrons. The molecule has 0 saturated carbocycles. The highest BCUT2D eigenvalue weighted by molar-refractivity contribution is 7.98. The minimum atomic E-state index is -0.571. The van der Waals surface area contributed by atoms with Gasteiger partial charge in [0, 0.05) is 17.5 Å². The molecule has 2 aromatic rings. The van der Waals surface area contributed by atoms with Crippen LogP contribution in [-0.4, -0.2) is 29.0 Å². The number of hydrogen-bond acceptors (Lipinski definition) is 3. The molecule has 0 spiro atoms. The predicted octanol–water partition coefficient (Wildman–Crippen LogP) is 3.56. The highest BCUT2D eigenvalue weighted by Crippen LogP contribution is 2.32. The van der Waals surface area contributed by atoms with E-state index in [9.17, 15) is 9.59 Å². The van der Waals surface area contributed by atoms with Crippen LogP contribution in [0.2, 0.25) is 0 Å². The molecule has 1 aliphatic heterocycles. The number of nitrogens with zero attached hydrogens (tertiary/aromatic N) is 1. The zero-order valence-electron chi connectivity index (χ0n) is 15.4. The van der Waals surface area contributed by atoms with Crippen LogP contribution < -0.4 is 5.32 Å². The lowest BCUT2D eigenvalue weighted by Gasteiger charge is -2.39. The van der Waals surface area contributed by atoms with Gasteiger partial charge in [0.05, 0.1) is 6.42 Å². The van der Waals surface area contributed by atoms with Crippen molar-refractivity contribution in [3.05, 3.63) is 65.2 Å². The summed E-state index contributed by atoms with van der Waals surface area (Å²) < 4.78 is 0. The standard InChI is InChI=1S/C21H24N2O2S/c1-14(2)23-19(24)12-16-6-4-5-7-18(16)20(23)21(25)22-13-15-8-10-17(26-3)11-9-15/h4-11,14,20H,12-13H2,1-3H3,(H,22,25)/t20-/m0/s1. The monoisotopic (exact) mass is 368 g/mol. The Kier molecular flexibility index (Phi) is 5.67. The smallest absolute Gasteiger partial charge is 0.247 e. The van der Waals surface area contributed by atoms with E-state index in [-0.39, 0.29) is 17.9 Å². The third kappa shape index (κ3) is 3.78. The molecule has 26 heavy (non-hydrogen) atoms. The van der Waals surface area contributed by atoms with Crippen LogP contribution in [0.5, 0.6) is 0 Å². The maximum absolute atomic E-state index is 13.0. The Morgan fingerprint density at radius 3 is 2.54 bits per heavy atom. The Morgan fingerprint density at radius 2 is 1.88 bits per heavy atom. The van der Waals surface area contributed by atoms with Crippen molar-refractivity contribution in [1.82, 2.24) is 10.2 Å². The van der Waals surface area contributed by atoms with Gasteiger partial charge in [-0.05, 0) is 48.9 Å². The van der Waals surface area contributed by atoms with Crippen LogP contribution in [-0.2, 0) is 22.6 Å². The van der Waals surface area contributed by atoms with Crippen LogP contribution in [0.25, 0.3) is 0 Å². The first-order chi connectivity index (χ1) is 12.5. The minimum absolute atomic E-state index is 0.00294. The first kappa shape index (κ1) is 18.5. The Hall–Kier alpha value is -2.27. The van der Waals surface area contributed by atoms with E-state index in [4.69, 9.17) is 0 Å². The zero-order valence-corrected chi connectivity index (χ0v) is 16.2. The molecule has 0 aromatic heterocycles. The van der Waals surface area contributed by atoms with Gasteiger partial charge in [0.25, 0.3) is 0 Å². The van der Waals surface area contributed by atoms with Crippen molar-refractivity contribution in [3.63, 3.8) is 0 Å². The zero-order chi connectivity index (χ0) is 18.7. The average molecular weight is 369 g/mol. The fourth-order valence-electron chi connectivity index (χ4n) is 3.39. The molecular weight excluding hydrogens is 344 g/mol. The first-order valence-electron chi connectivity index (χ1n) is 8.81. The summed E-state index contributed by atoms with van der Waals surface area (Å²) in [5.74, 6) is -0.128. The second-order valence-corrected chi connectivity index (χ2v) is 7.62. The van der Waals surface area contributed by atoms with Crippen LogP contribution in [0.15, 0.2) is 53.4 Å². The van der Waals surface area contributed by atoms with E-state index in [0.717, 1.165) is 16.7 Å². The van der Waals surface area contributed by atoms with Crippen molar-refractivity contribution in [3.8, 4) is 0 Å². The average Bonchev–Trinajstić information content (AvgIpc) is 2.65. The first-order valence-corrected chi connectivity index (χ1v) is 10.0. The molecule has 1 aliphatic rings. The molecular formula is C21H24N2O2S. The molecule has 1 heterocycles. The molecule has 0 saturated heterocycles. The fraction of sp³-hybridized carbons (Fsp3) is 0.333. The molecule has 0 fully saturated rings. The van der Waals surface area contributed by atoms with Crippen LogP contribution in [0.1, 0.15) is 36.6 Å². The quantitative estimate of drug-likeness (QED) is 0.821. The number of benzene rings is 2. The highest BCUT2D eigenvalue weighted by atomic mass is 32.2. The van der Waals surface area contributed by atoms with E-state index in [0.29, 0.717) is 13.0 Å². The van der Waals surface area contributed by atoms with E-state index < -0.39 is 6.04 Å². The second-order valence-electron chi connectivity index (χ2n) is 6.74. The second kappa shape index (κ2) is 7.96. The van der Waals surface area contributed by atoms with Crippen molar-refractivity contribution >= 4 is 23.6 Å². The Bertz CT molecular complexity index is 802. The molecule has 0 bridgehead atoms. The van der Waals surface area contributed by atoms with Crippen molar-refractivity contribution in [1.29, 1.82) is 0 Å². The minimum Gasteiger partial charge on any atom is -0.350 e. The summed E-state index contributed by atoms with van der Waals surface area (Å²) in [6.45, 7) is 4.35. The van der Waals surface area contributed by atoms with Gasteiger partial charge in [0.15, 0.2) is 0 Å². The van der Waals surface area contributed by atoms with Crippen molar-refractivity contribution in [2.75, 3.05) is 6.26 Å². The van der Waals surface area contributed by atoms with Gasteiger partial charge in [-0.1, -0.05) is 36.4 Å². The molecule has 5 heteroatoms. The SMILES string of the molecule is CSc1ccc(CNC(=O)[C@@H]2c3ccccc3CC(=O)N2C(C)C)cc1. The van der Waals surface area contributed by atoms with Crippen molar-refractivity contribution in [2.45, 2.75) is 43.8 Å². The molecule has 3 rings (SSSR count). The predicted molar refractivity (Wildman–Crippen MR) is 105 cm³/mol. The summed E-state index contributed by atoms with van der Waals surface area (Å²) in [5.41, 5.74) is 2.91. The molecule has 0 aliphatic carbocycles. The van der Waals surface area contributed by atoms with Crippen LogP contribution in [0.3, 0.4) is 0 Å². The Balaban J connectivity index is 1.81. The largest absolute Gasteiger partial charge is 0.350 e. The number of carbonyl (C=O) groups excluding carboxylic acids is 2. The lowest BCUT2D eigenvalue weighted by Crippen LogP contribution is -2.50. The van der Waals surface area contributed by atoms with E-state index in [1.54, 1.807) is 16.7 Å². The van der Waals surface area contributed by atoms with Crippen LogP contribution >= 0.6 is 11.8 Å². The van der Waals surface area contributed by atoms with E-state index in [1.165, 1.54) is 4.90 Å². The lowest BCUT2D eigenvalue weighted by molar-refractivity contribution is -0.143. The number of hydrogen-bond donors (Lipinski definition) is 1. The van der Waals surface area contributed by atoms with Crippen molar-refractivity contribution < 1.29 is 9.59 Å². The highest BCUT2D eigenvalue weighted by Gasteiger charge is 2.38. The lowest BCUT2D eigenvalue weighted by atomic mass is 9.90. The summed E-state index contributed by atoms with van der Waals surface area (Å²) >= 11 is 1.69. The van der Waals surface area contributed by atoms with Crippen LogP contribution in [0.4, 0.5) is 0 Å². The van der Waals surface area contributed by atoms with Gasteiger partial charge < -0.3 is 10.2 Å². The molecule has 4 nitrogen and oxygen atoms in total. The number of amides is 2. The van der Waals surface area contributed by atoms with E-state index >= 15 is 0 Å². The van der Waals surface area contributed by atoms with Crippen molar-refractivity contribution in [2.24, 2.45) is 0 Å². The molecule has 1 atom stereocenters. The maximum Gasteiger partial charge on any atom is 0.247 e. The summed E-state index contributed by atoms with van der Waals surface area (Å²) in [4.78, 5) is 28.5. The third-order valence-electron chi connectivity index (χ3n) is 4.69. The topological polar surface area (TPSA) is 49.4 Å². The number of nitrogens with one attached hydrogen (secondary N) is 1. The van der Waals surface area contributed by atoms with Gasteiger partial charge >= 0.3 is 0 Å². The summed E-state index contributed by atoms with van der Waals surface area (Å²) in [7, 11) is 0. The molecule has 136 valence electrons. The summed E-state index contributed by atoms with van der Waals surface area (Å²) in [6.07, 6.45) is 2.39. The fourth-order valence-corrected chi connectivity index (χ4v) is 3.80. The van der Waals surface area contributed by atoms with Gasteiger partial charge in [-0.2, -0.15) is 0 Å². The van der Waals surface area contributed by atoms with Gasteiger partial charge in [-0.3, -0.25) is 9.59 Å². The normalized spacial score (nSPS) is 16.5. The van der Waals surface area contributed by atoms with Gasteiger partial charge in [-0.25, -0.2) is 0 Å². The third-order valence-corrected chi connectivity index (χ3v) is 5.43. The van der Waals surface area contributed by atoms with Gasteiger partial charge in [0.1, 0.15) is 6.04 Å². The number of carbonyl (C=O) groups is 2. The Morgan fingerprint density at radius 1 is 1.19 bits per heavy atom. The number of rotatable bonds is 5.